The van der Waals surface area contributed by atoms with Gasteiger partial charge in [-0.25, -0.2) is 9.97 Å². The fourth-order valence-corrected chi connectivity index (χ4v) is 4.71. The van der Waals surface area contributed by atoms with E-state index in [0.717, 1.165) is 36.6 Å². The van der Waals surface area contributed by atoms with Crippen LogP contribution in [0.4, 0.5) is 5.95 Å². The lowest BCUT2D eigenvalue weighted by molar-refractivity contribution is -0.129. The molecule has 7 heteroatoms. The third-order valence-electron chi connectivity index (χ3n) is 3.84. The number of rotatable bonds is 2. The molecule has 1 fully saturated rings. The van der Waals surface area contributed by atoms with Crippen LogP contribution in [0.15, 0.2) is 5.03 Å². The molecule has 0 aliphatic carbocycles. The number of piperidine rings is 1. The summed E-state index contributed by atoms with van der Waals surface area (Å²) in [4.78, 5) is 22.3. The molecule has 2 aliphatic heterocycles. The van der Waals surface area contributed by atoms with Crippen LogP contribution in [0.25, 0.3) is 0 Å². The Kier molecular flexibility index (Phi) is 3.77. The second kappa shape index (κ2) is 5.41. The van der Waals surface area contributed by atoms with E-state index in [1.165, 1.54) is 0 Å². The van der Waals surface area contributed by atoms with E-state index in [2.05, 4.69) is 15.3 Å². The number of fused-ring (bicyclic) bond motifs is 3. The Balaban J connectivity index is 1.88. The smallest absolute Gasteiger partial charge is 0.225 e. The number of thioether (sulfide) groups is 1. The number of hydrogen-bond donors (Lipinski definition) is 1. The number of hydrogen-bond acceptors (Lipinski definition) is 5. The van der Waals surface area contributed by atoms with Gasteiger partial charge in [0.15, 0.2) is 0 Å². The van der Waals surface area contributed by atoms with Gasteiger partial charge in [0, 0.05) is 43.3 Å². The lowest BCUT2D eigenvalue weighted by Crippen LogP contribution is -2.42. The van der Waals surface area contributed by atoms with E-state index in [9.17, 15) is 4.79 Å². The van der Waals surface area contributed by atoms with E-state index in [1.807, 2.05) is 11.8 Å². The number of carbonyl (C=O) groups is 1. The molecule has 0 aromatic carbocycles. The zero-order chi connectivity index (χ0) is 14.3. The van der Waals surface area contributed by atoms with Gasteiger partial charge in [0.1, 0.15) is 10.2 Å². The first-order chi connectivity index (χ1) is 9.60. The summed E-state index contributed by atoms with van der Waals surface area (Å²) in [6, 6.07) is 0. The molecular formula is C13H17ClN4OS. The summed E-state index contributed by atoms with van der Waals surface area (Å²) >= 11 is 8.07. The molecule has 0 spiro atoms. The predicted molar refractivity (Wildman–Crippen MR) is 80.5 cm³/mol. The van der Waals surface area contributed by atoms with Crippen LogP contribution in [0.2, 0.25) is 5.15 Å². The van der Waals surface area contributed by atoms with Crippen molar-refractivity contribution in [1.29, 1.82) is 0 Å². The maximum atomic E-state index is 11.5. The van der Waals surface area contributed by atoms with Gasteiger partial charge in [-0.15, -0.1) is 11.8 Å². The number of carbonyl (C=O) groups excluding carboxylic acids is 1. The van der Waals surface area contributed by atoms with Gasteiger partial charge >= 0.3 is 0 Å². The SMILES string of the molecule is CCNc1nc(Cl)c2c(n1)SC1CN(C(C)=O)CCC21. The van der Waals surface area contributed by atoms with E-state index < -0.39 is 0 Å². The molecule has 2 atom stereocenters. The average molecular weight is 313 g/mol. The summed E-state index contributed by atoms with van der Waals surface area (Å²) in [5.74, 6) is 1.10. The zero-order valence-corrected chi connectivity index (χ0v) is 13.1. The predicted octanol–water partition coefficient (Wildman–Crippen LogP) is 2.37. The van der Waals surface area contributed by atoms with Crippen LogP contribution in [0.3, 0.4) is 0 Å². The number of nitrogens with zero attached hydrogens (tertiary/aromatic N) is 3. The molecule has 1 aromatic heterocycles. The summed E-state index contributed by atoms with van der Waals surface area (Å²) in [7, 11) is 0. The lowest BCUT2D eigenvalue weighted by Gasteiger charge is -2.33. The molecule has 20 heavy (non-hydrogen) atoms. The number of nitrogens with one attached hydrogen (secondary N) is 1. The third-order valence-corrected chi connectivity index (χ3v) is 5.44. The van der Waals surface area contributed by atoms with Crippen molar-refractivity contribution in [3.05, 3.63) is 10.7 Å². The van der Waals surface area contributed by atoms with Gasteiger partial charge in [-0.2, -0.15) is 0 Å². The van der Waals surface area contributed by atoms with E-state index in [1.54, 1.807) is 18.7 Å². The number of halogens is 1. The Labute approximate surface area is 127 Å². The van der Waals surface area contributed by atoms with Crippen molar-refractivity contribution in [1.82, 2.24) is 14.9 Å². The van der Waals surface area contributed by atoms with Gasteiger partial charge in [0.05, 0.1) is 0 Å². The zero-order valence-electron chi connectivity index (χ0n) is 11.5. The fourth-order valence-electron chi connectivity index (χ4n) is 2.86. The van der Waals surface area contributed by atoms with E-state index in [4.69, 9.17) is 11.6 Å². The van der Waals surface area contributed by atoms with Crippen molar-refractivity contribution in [2.75, 3.05) is 25.0 Å². The molecule has 108 valence electrons. The summed E-state index contributed by atoms with van der Waals surface area (Å²) in [5.41, 5.74) is 1.08. The van der Waals surface area contributed by atoms with Crippen LogP contribution in [0.1, 0.15) is 31.7 Å². The molecule has 3 rings (SSSR count). The van der Waals surface area contributed by atoms with Crippen LogP contribution >= 0.6 is 23.4 Å². The van der Waals surface area contributed by atoms with Crippen molar-refractivity contribution < 1.29 is 4.79 Å². The number of anilines is 1. The van der Waals surface area contributed by atoms with Crippen LogP contribution in [0, 0.1) is 0 Å². The minimum Gasteiger partial charge on any atom is -0.354 e. The molecule has 0 saturated carbocycles. The highest BCUT2D eigenvalue weighted by atomic mass is 35.5. The van der Waals surface area contributed by atoms with Crippen LogP contribution in [0.5, 0.6) is 0 Å². The lowest BCUT2D eigenvalue weighted by atomic mass is 9.91. The first-order valence-corrected chi connectivity index (χ1v) is 8.09. The van der Waals surface area contributed by atoms with Gasteiger partial charge in [-0.1, -0.05) is 11.6 Å². The maximum absolute atomic E-state index is 11.5. The van der Waals surface area contributed by atoms with Crippen LogP contribution in [-0.2, 0) is 4.79 Å². The monoisotopic (exact) mass is 312 g/mol. The number of likely N-dealkylation sites (tertiary alicyclic amines) is 1. The second-order valence-electron chi connectivity index (χ2n) is 5.10. The molecular weight excluding hydrogens is 296 g/mol. The number of aromatic nitrogens is 2. The van der Waals surface area contributed by atoms with Crippen molar-refractivity contribution >= 4 is 35.2 Å². The van der Waals surface area contributed by atoms with Crippen molar-refractivity contribution in [3.8, 4) is 0 Å². The molecule has 2 aliphatic rings. The van der Waals surface area contributed by atoms with Gasteiger partial charge in [-0.3, -0.25) is 4.79 Å². The normalized spacial score (nSPS) is 24.2. The highest BCUT2D eigenvalue weighted by molar-refractivity contribution is 8.00. The van der Waals surface area contributed by atoms with Gasteiger partial charge < -0.3 is 10.2 Å². The van der Waals surface area contributed by atoms with Gasteiger partial charge in [0.2, 0.25) is 11.9 Å². The van der Waals surface area contributed by atoms with Crippen molar-refractivity contribution in [3.63, 3.8) is 0 Å². The Morgan fingerprint density at radius 3 is 3.05 bits per heavy atom. The molecule has 1 N–H and O–H groups in total. The van der Waals surface area contributed by atoms with Crippen molar-refractivity contribution in [2.24, 2.45) is 0 Å². The molecule has 1 saturated heterocycles. The summed E-state index contributed by atoms with van der Waals surface area (Å²) in [6.07, 6.45) is 0.938. The summed E-state index contributed by atoms with van der Waals surface area (Å²) < 4.78 is 0. The molecule has 2 unspecified atom stereocenters. The minimum absolute atomic E-state index is 0.144. The van der Waals surface area contributed by atoms with E-state index >= 15 is 0 Å². The molecule has 0 bridgehead atoms. The highest BCUT2D eigenvalue weighted by Crippen LogP contribution is 2.50. The Bertz CT molecular complexity index is 553. The topological polar surface area (TPSA) is 58.1 Å². The Hall–Kier alpha value is -1.01. The third kappa shape index (κ3) is 2.35. The van der Waals surface area contributed by atoms with Crippen molar-refractivity contribution in [2.45, 2.75) is 36.5 Å². The maximum Gasteiger partial charge on any atom is 0.225 e. The number of amides is 1. The second-order valence-corrected chi connectivity index (χ2v) is 6.69. The van der Waals surface area contributed by atoms with Crippen LogP contribution < -0.4 is 5.32 Å². The van der Waals surface area contributed by atoms with Gasteiger partial charge in [-0.05, 0) is 13.3 Å². The molecule has 1 amide bonds. The highest BCUT2D eigenvalue weighted by Gasteiger charge is 2.41. The Morgan fingerprint density at radius 2 is 2.35 bits per heavy atom. The summed E-state index contributed by atoms with van der Waals surface area (Å²) in [5, 5.41) is 4.99. The molecule has 5 nitrogen and oxygen atoms in total. The summed E-state index contributed by atoms with van der Waals surface area (Å²) in [6.45, 7) is 5.96. The first-order valence-electron chi connectivity index (χ1n) is 6.83. The molecule has 1 aromatic rings. The molecule has 0 radical (unpaired) electrons. The Morgan fingerprint density at radius 1 is 1.55 bits per heavy atom. The minimum atomic E-state index is 0.144. The fraction of sp³-hybridized carbons (Fsp3) is 0.615. The first kappa shape index (κ1) is 13.9. The van der Waals surface area contributed by atoms with E-state index in [0.29, 0.717) is 22.3 Å². The largest absolute Gasteiger partial charge is 0.354 e. The molecule has 3 heterocycles. The average Bonchev–Trinajstić information content (AvgIpc) is 2.76. The standard InChI is InChI=1S/C13H17ClN4OS/c1-3-15-13-16-11(14)10-8-4-5-18(7(2)19)6-9(8)20-12(10)17-13/h8-9H,3-6H2,1-2H3,(H,15,16,17). The van der Waals surface area contributed by atoms with Gasteiger partial charge in [0.25, 0.3) is 0 Å². The van der Waals surface area contributed by atoms with Crippen LogP contribution in [-0.4, -0.2) is 45.7 Å². The quantitative estimate of drug-likeness (QED) is 0.850. The van der Waals surface area contributed by atoms with E-state index in [-0.39, 0.29) is 5.91 Å².